The van der Waals surface area contributed by atoms with Gasteiger partial charge in [0.1, 0.15) is 0 Å². The third-order valence-corrected chi connectivity index (χ3v) is 3.32. The minimum absolute atomic E-state index is 0.113. The van der Waals surface area contributed by atoms with E-state index in [2.05, 4.69) is 10.6 Å². The van der Waals surface area contributed by atoms with Crippen molar-refractivity contribution in [2.24, 2.45) is 5.73 Å². The SMILES string of the molecule is NC(=O)CN1CCCC1NC(=O)NCc1ccccc1. The minimum atomic E-state index is -0.372. The summed E-state index contributed by atoms with van der Waals surface area (Å²) in [6.45, 7) is 1.45. The average molecular weight is 276 g/mol. The van der Waals surface area contributed by atoms with Crippen LogP contribution in [0.25, 0.3) is 0 Å². The van der Waals surface area contributed by atoms with Crippen LogP contribution in [0.5, 0.6) is 0 Å². The van der Waals surface area contributed by atoms with Gasteiger partial charge in [-0.2, -0.15) is 0 Å². The van der Waals surface area contributed by atoms with E-state index >= 15 is 0 Å². The molecule has 0 radical (unpaired) electrons. The molecule has 0 bridgehead atoms. The van der Waals surface area contributed by atoms with E-state index in [0.29, 0.717) is 6.54 Å². The molecule has 20 heavy (non-hydrogen) atoms. The van der Waals surface area contributed by atoms with E-state index in [1.54, 1.807) is 0 Å². The van der Waals surface area contributed by atoms with Gasteiger partial charge in [-0.1, -0.05) is 30.3 Å². The average Bonchev–Trinajstić information content (AvgIpc) is 2.84. The van der Waals surface area contributed by atoms with Crippen LogP contribution in [0.3, 0.4) is 0 Å². The number of nitrogens with one attached hydrogen (secondary N) is 2. The molecule has 6 heteroatoms. The molecule has 0 aromatic heterocycles. The second-order valence-corrected chi connectivity index (χ2v) is 4.91. The number of primary amides is 1. The molecule has 1 aliphatic heterocycles. The first kappa shape index (κ1) is 14.3. The van der Waals surface area contributed by atoms with Crippen LogP contribution in [-0.4, -0.2) is 36.1 Å². The van der Waals surface area contributed by atoms with Crippen molar-refractivity contribution in [2.75, 3.05) is 13.1 Å². The summed E-state index contributed by atoms with van der Waals surface area (Å²) in [5, 5.41) is 5.68. The van der Waals surface area contributed by atoms with E-state index in [1.165, 1.54) is 0 Å². The van der Waals surface area contributed by atoms with Crippen molar-refractivity contribution < 1.29 is 9.59 Å². The zero-order chi connectivity index (χ0) is 14.4. The Labute approximate surface area is 118 Å². The fraction of sp³-hybridized carbons (Fsp3) is 0.429. The Kier molecular flexibility index (Phi) is 4.95. The van der Waals surface area contributed by atoms with Crippen LogP contribution in [0, 0.1) is 0 Å². The number of likely N-dealkylation sites (tertiary alicyclic amines) is 1. The van der Waals surface area contributed by atoms with Gasteiger partial charge in [0, 0.05) is 13.1 Å². The van der Waals surface area contributed by atoms with Crippen molar-refractivity contribution in [2.45, 2.75) is 25.6 Å². The van der Waals surface area contributed by atoms with Crippen molar-refractivity contribution in [3.05, 3.63) is 35.9 Å². The lowest BCUT2D eigenvalue weighted by Crippen LogP contribution is -2.50. The molecule has 1 aromatic carbocycles. The topological polar surface area (TPSA) is 87.5 Å². The van der Waals surface area contributed by atoms with Gasteiger partial charge in [-0.3, -0.25) is 9.69 Å². The highest BCUT2D eigenvalue weighted by Crippen LogP contribution is 2.13. The van der Waals surface area contributed by atoms with Crippen LogP contribution < -0.4 is 16.4 Å². The van der Waals surface area contributed by atoms with Crippen molar-refractivity contribution >= 4 is 11.9 Å². The molecule has 1 fully saturated rings. The molecule has 3 amide bonds. The molecular formula is C14H20N4O2. The number of rotatable bonds is 5. The second kappa shape index (κ2) is 6.91. The van der Waals surface area contributed by atoms with Crippen LogP contribution in [-0.2, 0) is 11.3 Å². The van der Waals surface area contributed by atoms with Gasteiger partial charge in [-0.25, -0.2) is 4.79 Å². The molecule has 4 N–H and O–H groups in total. The van der Waals surface area contributed by atoms with Crippen LogP contribution in [0.4, 0.5) is 4.79 Å². The summed E-state index contributed by atoms with van der Waals surface area (Å²) in [7, 11) is 0. The normalized spacial score (nSPS) is 18.7. The molecule has 1 aliphatic rings. The van der Waals surface area contributed by atoms with Crippen LogP contribution >= 0.6 is 0 Å². The largest absolute Gasteiger partial charge is 0.369 e. The lowest BCUT2D eigenvalue weighted by molar-refractivity contribution is -0.119. The molecule has 1 heterocycles. The van der Waals surface area contributed by atoms with Crippen molar-refractivity contribution in [3.63, 3.8) is 0 Å². The maximum atomic E-state index is 11.8. The molecule has 1 aromatic rings. The number of benzene rings is 1. The first-order chi connectivity index (χ1) is 9.65. The summed E-state index contributed by atoms with van der Waals surface area (Å²) in [5.41, 5.74) is 6.24. The van der Waals surface area contributed by atoms with Crippen molar-refractivity contribution in [1.29, 1.82) is 0 Å². The highest BCUT2D eigenvalue weighted by atomic mass is 16.2. The van der Waals surface area contributed by atoms with Crippen molar-refractivity contribution in [1.82, 2.24) is 15.5 Å². The first-order valence-electron chi connectivity index (χ1n) is 6.76. The fourth-order valence-corrected chi connectivity index (χ4v) is 2.36. The summed E-state index contributed by atoms with van der Waals surface area (Å²) >= 11 is 0. The molecule has 6 nitrogen and oxygen atoms in total. The van der Waals surface area contributed by atoms with Gasteiger partial charge >= 0.3 is 6.03 Å². The number of urea groups is 1. The van der Waals surface area contributed by atoms with E-state index in [4.69, 9.17) is 5.73 Å². The maximum Gasteiger partial charge on any atom is 0.316 e. The monoisotopic (exact) mass is 276 g/mol. The molecule has 1 atom stereocenters. The lowest BCUT2D eigenvalue weighted by atomic mass is 10.2. The Morgan fingerprint density at radius 3 is 2.75 bits per heavy atom. The summed E-state index contributed by atoms with van der Waals surface area (Å²) < 4.78 is 0. The summed E-state index contributed by atoms with van der Waals surface area (Å²) in [4.78, 5) is 24.7. The smallest absolute Gasteiger partial charge is 0.316 e. The van der Waals surface area contributed by atoms with E-state index in [-0.39, 0.29) is 24.6 Å². The molecule has 0 saturated carbocycles. The zero-order valence-electron chi connectivity index (χ0n) is 11.3. The molecule has 1 saturated heterocycles. The lowest BCUT2D eigenvalue weighted by Gasteiger charge is -2.24. The number of nitrogens with two attached hydrogens (primary N) is 1. The summed E-state index contributed by atoms with van der Waals surface area (Å²) in [6, 6.07) is 9.48. The van der Waals surface area contributed by atoms with Gasteiger partial charge in [0.05, 0.1) is 12.7 Å². The van der Waals surface area contributed by atoms with Crippen LogP contribution in [0.2, 0.25) is 0 Å². The number of hydrogen-bond donors (Lipinski definition) is 3. The number of carbonyl (C=O) groups is 2. The number of amides is 3. The summed E-state index contributed by atoms with van der Waals surface area (Å²) in [6.07, 6.45) is 1.68. The Morgan fingerprint density at radius 2 is 2.05 bits per heavy atom. The Hall–Kier alpha value is -2.08. The quantitative estimate of drug-likeness (QED) is 0.727. The van der Waals surface area contributed by atoms with Gasteiger partial charge in [0.2, 0.25) is 5.91 Å². The zero-order valence-corrected chi connectivity index (χ0v) is 11.3. The first-order valence-corrected chi connectivity index (χ1v) is 6.76. The van der Waals surface area contributed by atoms with Gasteiger partial charge in [0.15, 0.2) is 0 Å². The Bertz CT molecular complexity index is 464. The van der Waals surface area contributed by atoms with E-state index in [9.17, 15) is 9.59 Å². The minimum Gasteiger partial charge on any atom is -0.369 e. The molecule has 108 valence electrons. The molecule has 2 rings (SSSR count). The highest BCUT2D eigenvalue weighted by Gasteiger charge is 2.26. The van der Waals surface area contributed by atoms with E-state index in [1.807, 2.05) is 35.2 Å². The van der Waals surface area contributed by atoms with Gasteiger partial charge in [-0.05, 0) is 18.4 Å². The van der Waals surface area contributed by atoms with Gasteiger partial charge < -0.3 is 16.4 Å². The number of hydrogen-bond acceptors (Lipinski definition) is 3. The molecular weight excluding hydrogens is 256 g/mol. The Morgan fingerprint density at radius 1 is 1.30 bits per heavy atom. The number of carbonyl (C=O) groups excluding carboxylic acids is 2. The standard InChI is InChI=1S/C14H20N4O2/c15-12(19)10-18-8-4-7-13(18)17-14(20)16-9-11-5-2-1-3-6-11/h1-3,5-6,13H,4,7-10H2,(H2,15,19)(H2,16,17,20). The summed E-state index contributed by atoms with van der Waals surface area (Å²) in [5.74, 6) is -0.372. The molecule has 0 aliphatic carbocycles. The van der Waals surface area contributed by atoms with Crippen LogP contribution in [0.1, 0.15) is 18.4 Å². The van der Waals surface area contributed by atoms with Gasteiger partial charge in [-0.15, -0.1) is 0 Å². The predicted octanol–water partition coefficient (Wildman–Crippen LogP) is 0.393. The third-order valence-electron chi connectivity index (χ3n) is 3.32. The highest BCUT2D eigenvalue weighted by molar-refractivity contribution is 5.76. The fourth-order valence-electron chi connectivity index (χ4n) is 2.36. The second-order valence-electron chi connectivity index (χ2n) is 4.91. The maximum absolute atomic E-state index is 11.8. The third kappa shape index (κ3) is 4.24. The molecule has 0 spiro atoms. The van der Waals surface area contributed by atoms with Gasteiger partial charge in [0.25, 0.3) is 0 Å². The van der Waals surface area contributed by atoms with Crippen molar-refractivity contribution in [3.8, 4) is 0 Å². The predicted molar refractivity (Wildman–Crippen MR) is 75.6 cm³/mol. The molecule has 1 unspecified atom stereocenters. The Balaban J connectivity index is 1.77. The van der Waals surface area contributed by atoms with Crippen LogP contribution in [0.15, 0.2) is 30.3 Å². The van der Waals surface area contributed by atoms with E-state index in [0.717, 1.165) is 24.9 Å². The number of nitrogens with zero attached hydrogens (tertiary/aromatic N) is 1. The van der Waals surface area contributed by atoms with E-state index < -0.39 is 0 Å².